The fourth-order valence-corrected chi connectivity index (χ4v) is 1.95. The minimum atomic E-state index is 0.116. The van der Waals surface area contributed by atoms with E-state index in [2.05, 4.69) is 24.0 Å². The van der Waals surface area contributed by atoms with Gasteiger partial charge >= 0.3 is 5.90 Å². The number of aliphatic hydroxyl groups excluding tert-OH is 1. The van der Waals surface area contributed by atoms with E-state index in [1.807, 2.05) is 44.4 Å². The van der Waals surface area contributed by atoms with Gasteiger partial charge in [-0.05, 0) is 14.1 Å². The van der Waals surface area contributed by atoms with E-state index < -0.39 is 0 Å². The van der Waals surface area contributed by atoms with Crippen molar-refractivity contribution >= 4 is 11.6 Å². The van der Waals surface area contributed by atoms with Crippen LogP contribution in [0.1, 0.15) is 0 Å². The molecular weight excluding hydrogens is 226 g/mol. The molecule has 18 heavy (non-hydrogen) atoms. The van der Waals surface area contributed by atoms with Gasteiger partial charge in [0.25, 0.3) is 0 Å². The van der Waals surface area contributed by atoms with Gasteiger partial charge in [-0.2, -0.15) is 4.99 Å². The molecule has 0 spiro atoms. The molecule has 3 N–H and O–H groups in total. The largest absolute Gasteiger partial charge is 0.463 e. The normalized spacial score (nSPS) is 14.2. The lowest BCUT2D eigenvalue weighted by Crippen LogP contribution is -3.07. The molecule has 0 fully saturated rings. The smallest absolute Gasteiger partial charge is 0.348 e. The molecule has 0 aliphatic rings. The van der Waals surface area contributed by atoms with Crippen molar-refractivity contribution in [3.05, 3.63) is 30.3 Å². The Labute approximate surface area is 110 Å². The lowest BCUT2D eigenvalue weighted by molar-refractivity contribution is -0.861. The van der Waals surface area contributed by atoms with Crippen molar-refractivity contribution in [2.24, 2.45) is 5.92 Å². The van der Waals surface area contributed by atoms with Crippen molar-refractivity contribution in [2.75, 3.05) is 41.3 Å². The Morgan fingerprint density at radius 3 is 2.39 bits per heavy atom. The third-order valence-corrected chi connectivity index (χ3v) is 2.67. The van der Waals surface area contributed by atoms with Crippen molar-refractivity contribution < 1.29 is 15.0 Å². The van der Waals surface area contributed by atoms with E-state index in [0.717, 1.165) is 18.8 Å². The molecule has 1 atom stereocenters. The number of nitrogens with one attached hydrogen (secondary N) is 2. The van der Waals surface area contributed by atoms with Gasteiger partial charge in [0.2, 0.25) is 5.69 Å². The van der Waals surface area contributed by atoms with Gasteiger partial charge in [0.05, 0.1) is 20.6 Å². The Hall–Kier alpha value is -1.39. The summed E-state index contributed by atoms with van der Waals surface area (Å²) in [6, 6.07) is 9.77. The van der Waals surface area contributed by atoms with Crippen LogP contribution in [0.2, 0.25) is 0 Å². The average molecular weight is 251 g/mol. The van der Waals surface area contributed by atoms with E-state index in [9.17, 15) is 5.11 Å². The SMILES string of the molecule is CN(C)CC(C[NH+](C)C)C(O)=[NH+]c1ccccc1. The fraction of sp³-hybridized carbons (Fsp3) is 0.500. The first kappa shape index (κ1) is 14.7. The maximum atomic E-state index is 10.2. The summed E-state index contributed by atoms with van der Waals surface area (Å²) in [7, 11) is 8.23. The van der Waals surface area contributed by atoms with Gasteiger partial charge in [-0.15, -0.1) is 0 Å². The number of quaternary nitrogens is 1. The Balaban J connectivity index is 2.80. The third kappa shape index (κ3) is 5.29. The molecule has 0 saturated carbocycles. The molecule has 1 unspecified atom stereocenters. The average Bonchev–Trinajstić information content (AvgIpc) is 2.28. The molecule has 0 saturated heterocycles. The number of para-hydroxylation sites is 1. The molecule has 0 aromatic heterocycles. The molecule has 1 rings (SSSR count). The zero-order valence-corrected chi connectivity index (χ0v) is 11.8. The van der Waals surface area contributed by atoms with E-state index in [1.54, 1.807) is 0 Å². The first-order valence-corrected chi connectivity index (χ1v) is 6.30. The summed E-state index contributed by atoms with van der Waals surface area (Å²) in [5, 5.41) is 10.2. The van der Waals surface area contributed by atoms with Crippen molar-refractivity contribution in [1.82, 2.24) is 4.90 Å². The van der Waals surface area contributed by atoms with E-state index in [0.29, 0.717) is 5.90 Å². The van der Waals surface area contributed by atoms with Crippen LogP contribution in [0.15, 0.2) is 30.3 Å². The molecule has 1 aromatic carbocycles. The Bertz CT molecular complexity index is 364. The van der Waals surface area contributed by atoms with Crippen LogP contribution in [0, 0.1) is 5.92 Å². The van der Waals surface area contributed by atoms with Gasteiger partial charge in [-0.25, -0.2) is 0 Å². The van der Waals surface area contributed by atoms with Gasteiger partial charge in [0.1, 0.15) is 5.92 Å². The van der Waals surface area contributed by atoms with Crippen LogP contribution in [0.25, 0.3) is 0 Å². The number of nitrogens with zero attached hydrogens (tertiary/aromatic N) is 1. The summed E-state index contributed by atoms with van der Waals surface area (Å²) < 4.78 is 0. The Kier molecular flexibility index (Phi) is 5.82. The highest BCUT2D eigenvalue weighted by atomic mass is 16.3. The van der Waals surface area contributed by atoms with E-state index >= 15 is 0 Å². The highest BCUT2D eigenvalue weighted by Gasteiger charge is 2.24. The molecule has 4 heteroatoms. The van der Waals surface area contributed by atoms with Gasteiger partial charge in [0.15, 0.2) is 0 Å². The van der Waals surface area contributed by atoms with Crippen molar-refractivity contribution in [2.45, 2.75) is 0 Å². The second-order valence-corrected chi connectivity index (χ2v) is 5.25. The molecule has 0 radical (unpaired) electrons. The zero-order valence-electron chi connectivity index (χ0n) is 11.8. The summed E-state index contributed by atoms with van der Waals surface area (Å²) in [4.78, 5) is 6.50. The van der Waals surface area contributed by atoms with Gasteiger partial charge in [-0.3, -0.25) is 0 Å². The van der Waals surface area contributed by atoms with Gasteiger partial charge in [0, 0.05) is 18.7 Å². The second-order valence-electron chi connectivity index (χ2n) is 5.25. The summed E-state index contributed by atoms with van der Waals surface area (Å²) in [5.41, 5.74) is 0.924. The zero-order chi connectivity index (χ0) is 13.5. The number of aliphatic hydroxyl groups is 1. The molecule has 0 amide bonds. The lowest BCUT2D eigenvalue weighted by atomic mass is 10.1. The predicted molar refractivity (Wildman–Crippen MR) is 74.4 cm³/mol. The van der Waals surface area contributed by atoms with Crippen LogP contribution < -0.4 is 9.89 Å². The first-order chi connectivity index (χ1) is 8.49. The van der Waals surface area contributed by atoms with Crippen LogP contribution in [-0.2, 0) is 0 Å². The predicted octanol–water partition coefficient (Wildman–Crippen LogP) is -1.32. The van der Waals surface area contributed by atoms with Crippen molar-refractivity contribution in [3.8, 4) is 0 Å². The number of hydrogen-bond donors (Lipinski definition) is 3. The quantitative estimate of drug-likeness (QED) is 0.433. The Morgan fingerprint density at radius 2 is 1.89 bits per heavy atom. The van der Waals surface area contributed by atoms with Crippen LogP contribution in [0.5, 0.6) is 0 Å². The highest BCUT2D eigenvalue weighted by Crippen LogP contribution is 1.97. The topological polar surface area (TPSA) is 41.9 Å². The minimum absolute atomic E-state index is 0.116. The van der Waals surface area contributed by atoms with Crippen LogP contribution in [0.3, 0.4) is 0 Å². The van der Waals surface area contributed by atoms with E-state index in [4.69, 9.17) is 0 Å². The molecule has 0 aliphatic heterocycles. The molecule has 1 aromatic rings. The third-order valence-electron chi connectivity index (χ3n) is 2.67. The monoisotopic (exact) mass is 251 g/mol. The Morgan fingerprint density at radius 1 is 1.28 bits per heavy atom. The summed E-state index contributed by atoms with van der Waals surface area (Å²) in [5.74, 6) is 0.460. The fourth-order valence-electron chi connectivity index (χ4n) is 1.95. The molecule has 4 nitrogen and oxygen atoms in total. The summed E-state index contributed by atoms with van der Waals surface area (Å²) in [6.45, 7) is 1.72. The number of rotatable bonds is 6. The highest BCUT2D eigenvalue weighted by molar-refractivity contribution is 5.71. The summed E-state index contributed by atoms with van der Waals surface area (Å²) in [6.07, 6.45) is 0. The van der Waals surface area contributed by atoms with Crippen LogP contribution in [0.4, 0.5) is 5.69 Å². The second kappa shape index (κ2) is 7.13. The molecule has 0 heterocycles. The van der Waals surface area contributed by atoms with Crippen molar-refractivity contribution in [1.29, 1.82) is 0 Å². The maximum Gasteiger partial charge on any atom is 0.348 e. The van der Waals surface area contributed by atoms with Gasteiger partial charge < -0.3 is 14.9 Å². The van der Waals surface area contributed by atoms with Crippen LogP contribution in [-0.4, -0.2) is 57.2 Å². The van der Waals surface area contributed by atoms with E-state index in [-0.39, 0.29) is 5.92 Å². The lowest BCUT2D eigenvalue weighted by Gasteiger charge is -2.18. The maximum absolute atomic E-state index is 10.2. The molecule has 0 aliphatic carbocycles. The first-order valence-electron chi connectivity index (χ1n) is 6.30. The van der Waals surface area contributed by atoms with E-state index in [1.165, 1.54) is 4.90 Å². The van der Waals surface area contributed by atoms with Crippen molar-refractivity contribution in [3.63, 3.8) is 0 Å². The summed E-state index contributed by atoms with van der Waals surface area (Å²) >= 11 is 0. The number of benzene rings is 1. The number of hydrogen-bond acceptors (Lipinski definition) is 1. The van der Waals surface area contributed by atoms with Crippen LogP contribution >= 0.6 is 0 Å². The molecule has 0 bridgehead atoms. The van der Waals surface area contributed by atoms with Gasteiger partial charge in [-0.1, -0.05) is 18.2 Å². The molecule has 100 valence electrons. The standard InChI is InChI=1S/C14H23N3O/c1-16(2)10-12(11-17(3)4)14(18)15-13-8-6-5-7-9-13/h5-9,12H,10-11H2,1-4H3,(H,15,18)/p+2. The molecular formula is C14H25N3O+2. The minimum Gasteiger partial charge on any atom is -0.463 e.